The Labute approximate surface area is 216 Å². The number of imide groups is 2. The molecule has 0 bridgehead atoms. The topological polar surface area (TPSA) is 128 Å². The van der Waals surface area contributed by atoms with E-state index < -0.39 is 22.8 Å². The second-order valence-corrected chi connectivity index (χ2v) is 8.37. The molecule has 1 saturated heterocycles. The van der Waals surface area contributed by atoms with E-state index in [9.17, 15) is 24.5 Å². The molecule has 0 radical (unpaired) electrons. The summed E-state index contributed by atoms with van der Waals surface area (Å²) in [5.41, 5.74) is 1.23. The molecule has 11 heteroatoms. The molecule has 3 aromatic carbocycles. The fourth-order valence-electron chi connectivity index (χ4n) is 3.68. The van der Waals surface area contributed by atoms with Gasteiger partial charge in [-0.1, -0.05) is 29.8 Å². The van der Waals surface area contributed by atoms with Crippen LogP contribution in [0.5, 0.6) is 11.5 Å². The number of nitrogens with zero attached hydrogens (tertiary/aromatic N) is 2. The third-order valence-corrected chi connectivity index (χ3v) is 6.03. The number of halogens is 1. The predicted octanol–water partition coefficient (Wildman–Crippen LogP) is 4.81. The molecule has 3 aromatic rings. The number of carbonyl (C=O) groups excluding carboxylic acids is 3. The van der Waals surface area contributed by atoms with Crippen molar-refractivity contribution < 1.29 is 28.8 Å². The molecule has 0 aromatic heterocycles. The first-order valence-electron chi connectivity index (χ1n) is 10.9. The van der Waals surface area contributed by atoms with Crippen LogP contribution >= 0.6 is 11.6 Å². The van der Waals surface area contributed by atoms with E-state index in [0.717, 1.165) is 4.90 Å². The molecule has 4 rings (SSSR count). The third kappa shape index (κ3) is 5.29. The van der Waals surface area contributed by atoms with Gasteiger partial charge in [-0.3, -0.25) is 25.0 Å². The van der Waals surface area contributed by atoms with Crippen LogP contribution in [0.25, 0.3) is 6.08 Å². The lowest BCUT2D eigenvalue weighted by atomic mass is 10.0. The highest BCUT2D eigenvalue weighted by Crippen LogP contribution is 2.32. The molecular formula is C26H20ClN3O7. The molecule has 1 aliphatic heterocycles. The van der Waals surface area contributed by atoms with Crippen LogP contribution in [0.15, 0.2) is 66.2 Å². The van der Waals surface area contributed by atoms with E-state index in [0.29, 0.717) is 27.5 Å². The van der Waals surface area contributed by atoms with Crippen LogP contribution in [-0.4, -0.2) is 29.9 Å². The summed E-state index contributed by atoms with van der Waals surface area (Å²) in [4.78, 5) is 50.0. The monoisotopic (exact) mass is 521 g/mol. The molecular weight excluding hydrogens is 502 g/mol. The van der Waals surface area contributed by atoms with Crippen molar-refractivity contribution >= 4 is 46.9 Å². The zero-order valence-corrected chi connectivity index (χ0v) is 20.4. The Morgan fingerprint density at radius 3 is 2.57 bits per heavy atom. The van der Waals surface area contributed by atoms with Gasteiger partial charge in [0.1, 0.15) is 23.7 Å². The molecule has 1 N–H and O–H groups in total. The number of nitro groups is 1. The summed E-state index contributed by atoms with van der Waals surface area (Å²) in [5, 5.41) is 13.6. The molecule has 1 aliphatic rings. The summed E-state index contributed by atoms with van der Waals surface area (Å²) in [7, 11) is 1.47. The van der Waals surface area contributed by atoms with Crippen LogP contribution in [-0.2, 0) is 16.2 Å². The number of barbiturate groups is 1. The van der Waals surface area contributed by atoms with E-state index in [2.05, 4.69) is 5.32 Å². The van der Waals surface area contributed by atoms with Gasteiger partial charge in [-0.2, -0.15) is 0 Å². The second kappa shape index (κ2) is 10.5. The third-order valence-electron chi connectivity index (χ3n) is 5.62. The predicted molar refractivity (Wildman–Crippen MR) is 136 cm³/mol. The number of amides is 4. The standard InChI is InChI=1S/C26H20ClN3O7/c1-15-21(27)7-4-8-22(15)29-25(32)20(24(31)28-26(29)33)12-17-9-10-19(36-2)13-23(17)37-14-16-5-3-6-18(11-16)30(34)35/h3-13H,14H2,1-2H3,(H,28,31,33)/b20-12+. The number of nitro benzene ring substituents is 1. The van der Waals surface area contributed by atoms with Gasteiger partial charge in [-0.05, 0) is 48.4 Å². The van der Waals surface area contributed by atoms with Crippen molar-refractivity contribution in [1.82, 2.24) is 5.32 Å². The molecule has 0 aliphatic carbocycles. The minimum Gasteiger partial charge on any atom is -0.497 e. The molecule has 0 spiro atoms. The average molecular weight is 522 g/mol. The number of urea groups is 1. The SMILES string of the molecule is COc1ccc(/C=C2\C(=O)NC(=O)N(c3cccc(Cl)c3C)C2=O)c(OCc2cccc([N+](=O)[O-])c2)c1. The van der Waals surface area contributed by atoms with Gasteiger partial charge in [0.05, 0.1) is 17.7 Å². The second-order valence-electron chi connectivity index (χ2n) is 7.96. The van der Waals surface area contributed by atoms with Crippen LogP contribution in [0, 0.1) is 17.0 Å². The number of nitrogens with one attached hydrogen (secondary N) is 1. The highest BCUT2D eigenvalue weighted by Gasteiger charge is 2.37. The van der Waals surface area contributed by atoms with Crippen LogP contribution in [0.3, 0.4) is 0 Å². The van der Waals surface area contributed by atoms with Crippen molar-refractivity contribution in [2.24, 2.45) is 0 Å². The molecule has 10 nitrogen and oxygen atoms in total. The number of anilines is 1. The fraction of sp³-hybridized carbons (Fsp3) is 0.115. The molecule has 188 valence electrons. The van der Waals surface area contributed by atoms with E-state index >= 15 is 0 Å². The van der Waals surface area contributed by atoms with Gasteiger partial charge in [-0.25, -0.2) is 9.69 Å². The van der Waals surface area contributed by atoms with E-state index in [-0.39, 0.29) is 29.3 Å². The Balaban J connectivity index is 1.70. The van der Waals surface area contributed by atoms with Gasteiger partial charge < -0.3 is 9.47 Å². The first kappa shape index (κ1) is 25.4. The minimum absolute atomic E-state index is 0.0303. The minimum atomic E-state index is -0.894. The zero-order chi connectivity index (χ0) is 26.7. The number of hydrogen-bond donors (Lipinski definition) is 1. The molecule has 0 saturated carbocycles. The molecule has 37 heavy (non-hydrogen) atoms. The van der Waals surface area contributed by atoms with Gasteiger partial charge >= 0.3 is 6.03 Å². The average Bonchev–Trinajstić information content (AvgIpc) is 2.88. The van der Waals surface area contributed by atoms with Crippen LogP contribution < -0.4 is 19.7 Å². The number of non-ortho nitro benzene ring substituents is 1. The van der Waals surface area contributed by atoms with Gasteiger partial charge in [0.25, 0.3) is 17.5 Å². The Hall–Kier alpha value is -4.70. The lowest BCUT2D eigenvalue weighted by Gasteiger charge is -2.27. The van der Waals surface area contributed by atoms with Crippen molar-refractivity contribution in [3.8, 4) is 11.5 Å². The lowest BCUT2D eigenvalue weighted by Crippen LogP contribution is -2.54. The Kier molecular flexibility index (Phi) is 7.21. The summed E-state index contributed by atoms with van der Waals surface area (Å²) in [5.74, 6) is -1.01. The summed E-state index contributed by atoms with van der Waals surface area (Å²) in [6.45, 7) is 1.62. The van der Waals surface area contributed by atoms with Crippen LogP contribution in [0.1, 0.15) is 16.7 Å². The molecule has 1 fully saturated rings. The van der Waals surface area contributed by atoms with Crippen molar-refractivity contribution in [2.45, 2.75) is 13.5 Å². The van der Waals surface area contributed by atoms with Gasteiger partial charge in [-0.15, -0.1) is 0 Å². The number of carbonyl (C=O) groups is 3. The van der Waals surface area contributed by atoms with E-state index in [1.165, 1.54) is 25.3 Å². The van der Waals surface area contributed by atoms with Crippen molar-refractivity contribution in [1.29, 1.82) is 0 Å². The summed E-state index contributed by atoms with van der Waals surface area (Å²) in [6.07, 6.45) is 1.30. The van der Waals surface area contributed by atoms with Gasteiger partial charge in [0.15, 0.2) is 0 Å². The maximum atomic E-state index is 13.3. The highest BCUT2D eigenvalue weighted by atomic mass is 35.5. The Morgan fingerprint density at radius 1 is 1.08 bits per heavy atom. The van der Waals surface area contributed by atoms with E-state index in [1.54, 1.807) is 55.5 Å². The van der Waals surface area contributed by atoms with Crippen molar-refractivity contribution in [3.05, 3.63) is 98.1 Å². The smallest absolute Gasteiger partial charge is 0.335 e. The van der Waals surface area contributed by atoms with Gasteiger partial charge in [0, 0.05) is 28.8 Å². The van der Waals surface area contributed by atoms with Crippen LogP contribution in [0.4, 0.5) is 16.2 Å². The van der Waals surface area contributed by atoms with Gasteiger partial charge in [0.2, 0.25) is 0 Å². The highest BCUT2D eigenvalue weighted by molar-refractivity contribution is 6.40. The molecule has 1 heterocycles. The number of rotatable bonds is 7. The zero-order valence-electron chi connectivity index (χ0n) is 19.7. The van der Waals surface area contributed by atoms with Crippen LogP contribution in [0.2, 0.25) is 5.02 Å². The van der Waals surface area contributed by atoms with Crippen molar-refractivity contribution in [3.63, 3.8) is 0 Å². The summed E-state index contributed by atoms with van der Waals surface area (Å²) < 4.78 is 11.1. The maximum absolute atomic E-state index is 13.3. The molecule has 0 unspecified atom stereocenters. The quantitative estimate of drug-likeness (QED) is 0.204. The van der Waals surface area contributed by atoms with Crippen molar-refractivity contribution in [2.75, 3.05) is 12.0 Å². The largest absolute Gasteiger partial charge is 0.497 e. The molecule has 0 atom stereocenters. The Bertz CT molecular complexity index is 1470. The first-order chi connectivity index (χ1) is 17.7. The van der Waals surface area contributed by atoms with E-state index in [1.807, 2.05) is 0 Å². The summed E-state index contributed by atoms with van der Waals surface area (Å²) in [6, 6.07) is 14.6. The summed E-state index contributed by atoms with van der Waals surface area (Å²) >= 11 is 6.17. The van der Waals surface area contributed by atoms with E-state index in [4.69, 9.17) is 21.1 Å². The first-order valence-corrected chi connectivity index (χ1v) is 11.3. The molecule has 4 amide bonds. The lowest BCUT2D eigenvalue weighted by molar-refractivity contribution is -0.384. The number of methoxy groups -OCH3 is 1. The fourth-order valence-corrected chi connectivity index (χ4v) is 3.85. The maximum Gasteiger partial charge on any atom is 0.335 e. The Morgan fingerprint density at radius 2 is 1.84 bits per heavy atom. The number of benzene rings is 3. The number of hydrogen-bond acceptors (Lipinski definition) is 7. The normalized spacial score (nSPS) is 14.5. The number of ether oxygens (including phenoxy) is 2.